The lowest BCUT2D eigenvalue weighted by Crippen LogP contribution is -2.33. The molecular formula is C11H13ClN6. The Labute approximate surface area is 110 Å². The molecule has 0 spiro atoms. The van der Waals surface area contributed by atoms with Crippen molar-refractivity contribution in [2.45, 2.75) is 26.6 Å². The van der Waals surface area contributed by atoms with Gasteiger partial charge in [0.1, 0.15) is 23.1 Å². The smallest absolute Gasteiger partial charge is 0.147 e. The fraction of sp³-hybridized carbons (Fsp3) is 0.455. The molecule has 18 heavy (non-hydrogen) atoms. The molecule has 1 aliphatic heterocycles. The Morgan fingerprint density at radius 2 is 2.22 bits per heavy atom. The van der Waals surface area contributed by atoms with E-state index >= 15 is 0 Å². The van der Waals surface area contributed by atoms with Gasteiger partial charge in [0.05, 0.1) is 13.1 Å². The summed E-state index contributed by atoms with van der Waals surface area (Å²) in [6.07, 6.45) is 1.77. The number of hydrogen-bond donors (Lipinski definition) is 0. The Morgan fingerprint density at radius 1 is 1.33 bits per heavy atom. The van der Waals surface area contributed by atoms with Crippen LogP contribution in [-0.4, -0.2) is 36.2 Å². The maximum absolute atomic E-state index is 5.94. The first-order valence-electron chi connectivity index (χ1n) is 5.80. The van der Waals surface area contributed by atoms with E-state index in [1.807, 2.05) is 6.92 Å². The van der Waals surface area contributed by atoms with E-state index in [9.17, 15) is 0 Å². The van der Waals surface area contributed by atoms with Crippen LogP contribution >= 0.6 is 11.6 Å². The molecule has 0 N–H and O–H groups in total. The van der Waals surface area contributed by atoms with Crippen LogP contribution < -0.4 is 0 Å². The van der Waals surface area contributed by atoms with E-state index in [4.69, 9.17) is 11.6 Å². The van der Waals surface area contributed by atoms with E-state index in [1.54, 1.807) is 12.4 Å². The molecule has 0 aliphatic carbocycles. The molecule has 0 amide bonds. The number of aryl methyl sites for hydroxylation is 1. The van der Waals surface area contributed by atoms with Crippen molar-refractivity contribution in [3.63, 3.8) is 0 Å². The number of rotatable bonds is 2. The average Bonchev–Trinajstić information content (AvgIpc) is 2.74. The van der Waals surface area contributed by atoms with Crippen LogP contribution in [0.5, 0.6) is 0 Å². The predicted molar refractivity (Wildman–Crippen MR) is 65.9 cm³/mol. The highest BCUT2D eigenvalue weighted by Crippen LogP contribution is 2.13. The second-order valence-electron chi connectivity index (χ2n) is 4.40. The third-order valence-electron chi connectivity index (χ3n) is 2.95. The minimum atomic E-state index is 0.498. The Bertz CT molecular complexity index is 546. The lowest BCUT2D eigenvalue weighted by atomic mass is 10.3. The van der Waals surface area contributed by atoms with Gasteiger partial charge in [-0.05, 0) is 13.0 Å². The summed E-state index contributed by atoms with van der Waals surface area (Å²) in [5.41, 5.74) is 0.894. The van der Waals surface area contributed by atoms with Crippen molar-refractivity contribution in [3.05, 3.63) is 34.9 Å². The van der Waals surface area contributed by atoms with Gasteiger partial charge in [0.2, 0.25) is 0 Å². The summed E-state index contributed by atoms with van der Waals surface area (Å²) in [5.74, 6) is 1.74. The van der Waals surface area contributed by atoms with Gasteiger partial charge in [-0.15, -0.1) is 10.2 Å². The molecule has 7 heteroatoms. The maximum atomic E-state index is 5.94. The topological polar surface area (TPSA) is 59.7 Å². The van der Waals surface area contributed by atoms with Gasteiger partial charge in [0.15, 0.2) is 0 Å². The van der Waals surface area contributed by atoms with Gasteiger partial charge in [0.25, 0.3) is 0 Å². The van der Waals surface area contributed by atoms with Gasteiger partial charge in [-0.3, -0.25) is 4.90 Å². The number of halogens is 1. The second-order valence-corrected chi connectivity index (χ2v) is 4.79. The molecule has 0 saturated carbocycles. The van der Waals surface area contributed by atoms with Crippen molar-refractivity contribution < 1.29 is 0 Å². The van der Waals surface area contributed by atoms with Crippen molar-refractivity contribution >= 4 is 11.6 Å². The molecule has 0 radical (unpaired) electrons. The standard InChI is InChI=1S/C11H13ClN6/c1-8-4-9(12)15-10(14-8)5-17-2-3-18-7-13-16-11(18)6-17/h4,7H,2-3,5-6H2,1H3. The molecule has 3 heterocycles. The Hall–Kier alpha value is -1.53. The fourth-order valence-corrected chi connectivity index (χ4v) is 2.37. The highest BCUT2D eigenvalue weighted by molar-refractivity contribution is 6.29. The van der Waals surface area contributed by atoms with Gasteiger partial charge in [-0.2, -0.15) is 0 Å². The summed E-state index contributed by atoms with van der Waals surface area (Å²) in [5, 5.41) is 8.49. The molecule has 94 valence electrons. The van der Waals surface area contributed by atoms with Crippen molar-refractivity contribution in [3.8, 4) is 0 Å². The number of fused-ring (bicyclic) bond motifs is 1. The number of hydrogen-bond acceptors (Lipinski definition) is 5. The molecule has 0 unspecified atom stereocenters. The van der Waals surface area contributed by atoms with Gasteiger partial charge < -0.3 is 4.57 Å². The minimum absolute atomic E-state index is 0.498. The first-order chi connectivity index (χ1) is 8.70. The van der Waals surface area contributed by atoms with Crippen molar-refractivity contribution in [2.24, 2.45) is 0 Å². The lowest BCUT2D eigenvalue weighted by molar-refractivity contribution is 0.204. The Morgan fingerprint density at radius 3 is 3.06 bits per heavy atom. The number of nitrogens with zero attached hydrogens (tertiary/aromatic N) is 6. The van der Waals surface area contributed by atoms with E-state index in [2.05, 4.69) is 29.6 Å². The monoisotopic (exact) mass is 264 g/mol. The van der Waals surface area contributed by atoms with Crippen LogP contribution in [0.25, 0.3) is 0 Å². The van der Waals surface area contributed by atoms with E-state index in [0.29, 0.717) is 11.7 Å². The molecular weight excluding hydrogens is 252 g/mol. The van der Waals surface area contributed by atoms with Gasteiger partial charge in [-0.1, -0.05) is 11.6 Å². The van der Waals surface area contributed by atoms with E-state index in [-0.39, 0.29) is 0 Å². The zero-order chi connectivity index (χ0) is 12.5. The lowest BCUT2D eigenvalue weighted by Gasteiger charge is -2.26. The largest absolute Gasteiger partial charge is 0.315 e. The molecule has 0 saturated heterocycles. The summed E-state index contributed by atoms with van der Waals surface area (Å²) in [4.78, 5) is 10.9. The van der Waals surface area contributed by atoms with E-state index in [0.717, 1.165) is 37.0 Å². The van der Waals surface area contributed by atoms with Crippen molar-refractivity contribution in [1.82, 2.24) is 29.6 Å². The predicted octanol–water partition coefficient (Wildman–Crippen LogP) is 1.05. The number of aromatic nitrogens is 5. The van der Waals surface area contributed by atoms with E-state index < -0.39 is 0 Å². The first-order valence-corrected chi connectivity index (χ1v) is 6.17. The van der Waals surface area contributed by atoms with Gasteiger partial charge in [-0.25, -0.2) is 9.97 Å². The Balaban J connectivity index is 1.74. The molecule has 0 bridgehead atoms. The van der Waals surface area contributed by atoms with Crippen LogP contribution in [0.1, 0.15) is 17.3 Å². The summed E-state index contributed by atoms with van der Waals surface area (Å²) < 4.78 is 2.07. The molecule has 3 rings (SSSR count). The SMILES string of the molecule is Cc1cc(Cl)nc(CN2CCn3cnnc3C2)n1. The third kappa shape index (κ3) is 2.34. The minimum Gasteiger partial charge on any atom is -0.315 e. The van der Waals surface area contributed by atoms with Crippen LogP contribution in [0.15, 0.2) is 12.4 Å². The molecule has 6 nitrogen and oxygen atoms in total. The van der Waals surface area contributed by atoms with Crippen molar-refractivity contribution in [2.75, 3.05) is 6.54 Å². The molecule has 0 atom stereocenters. The van der Waals surface area contributed by atoms with Gasteiger partial charge >= 0.3 is 0 Å². The molecule has 2 aromatic heterocycles. The summed E-state index contributed by atoms with van der Waals surface area (Å²) in [7, 11) is 0. The van der Waals surface area contributed by atoms with Crippen LogP contribution in [0.2, 0.25) is 5.15 Å². The molecule has 1 aliphatic rings. The third-order valence-corrected chi connectivity index (χ3v) is 3.15. The summed E-state index contributed by atoms with van der Waals surface area (Å²) in [6, 6.07) is 1.76. The Kier molecular flexibility index (Phi) is 2.97. The summed E-state index contributed by atoms with van der Waals surface area (Å²) in [6.45, 7) is 5.23. The second kappa shape index (κ2) is 4.62. The summed E-state index contributed by atoms with van der Waals surface area (Å²) >= 11 is 5.94. The molecule has 2 aromatic rings. The fourth-order valence-electron chi connectivity index (χ4n) is 2.11. The van der Waals surface area contributed by atoms with Crippen molar-refractivity contribution in [1.29, 1.82) is 0 Å². The normalized spacial score (nSPS) is 15.7. The first kappa shape index (κ1) is 11.6. The zero-order valence-corrected chi connectivity index (χ0v) is 10.8. The zero-order valence-electron chi connectivity index (χ0n) is 10.0. The van der Waals surface area contributed by atoms with Crippen LogP contribution in [0, 0.1) is 6.92 Å². The average molecular weight is 265 g/mol. The maximum Gasteiger partial charge on any atom is 0.147 e. The van der Waals surface area contributed by atoms with Crippen LogP contribution in [0.4, 0.5) is 0 Å². The molecule has 0 aromatic carbocycles. The quantitative estimate of drug-likeness (QED) is 0.759. The highest BCUT2D eigenvalue weighted by atomic mass is 35.5. The van der Waals surface area contributed by atoms with Crippen LogP contribution in [0.3, 0.4) is 0 Å². The van der Waals surface area contributed by atoms with Crippen LogP contribution in [-0.2, 0) is 19.6 Å². The van der Waals surface area contributed by atoms with Gasteiger partial charge in [0, 0.05) is 18.8 Å². The van der Waals surface area contributed by atoms with E-state index in [1.165, 1.54) is 0 Å². The highest BCUT2D eigenvalue weighted by Gasteiger charge is 2.18. The molecule has 0 fully saturated rings.